The molecule has 1 heterocycles. The van der Waals surface area contributed by atoms with E-state index in [9.17, 15) is 8.42 Å². The minimum absolute atomic E-state index is 0.351. The molecule has 0 unspecified atom stereocenters. The number of sulfonamides is 1. The van der Waals surface area contributed by atoms with Crippen LogP contribution >= 0.6 is 11.3 Å². The first kappa shape index (κ1) is 16.2. The summed E-state index contributed by atoms with van der Waals surface area (Å²) >= 11 is 1.65. The second-order valence-corrected chi connectivity index (χ2v) is 7.91. The van der Waals surface area contributed by atoms with Gasteiger partial charge in [-0.15, -0.1) is 11.3 Å². The Labute approximate surface area is 130 Å². The van der Waals surface area contributed by atoms with Crippen molar-refractivity contribution in [2.75, 3.05) is 20.6 Å². The first-order valence-electron chi connectivity index (χ1n) is 6.76. The maximum Gasteiger partial charge on any atom is 0.242 e. The summed E-state index contributed by atoms with van der Waals surface area (Å²) in [6.45, 7) is 1.14. The number of rotatable bonds is 7. The van der Waals surface area contributed by atoms with Gasteiger partial charge < -0.3 is 5.32 Å². The topological polar surface area (TPSA) is 49.4 Å². The van der Waals surface area contributed by atoms with Crippen molar-refractivity contribution in [1.82, 2.24) is 9.62 Å². The lowest BCUT2D eigenvalue weighted by Gasteiger charge is -2.17. The SMILES string of the molecule is CNCc1cccc(S(=O)(=O)N(C)CCc2cccs2)c1. The van der Waals surface area contributed by atoms with E-state index >= 15 is 0 Å². The highest BCUT2D eigenvalue weighted by Gasteiger charge is 2.20. The fourth-order valence-electron chi connectivity index (χ4n) is 2.04. The molecule has 0 radical (unpaired) electrons. The highest BCUT2D eigenvalue weighted by Crippen LogP contribution is 2.17. The van der Waals surface area contributed by atoms with E-state index in [-0.39, 0.29) is 0 Å². The van der Waals surface area contributed by atoms with Crippen LogP contribution in [0.5, 0.6) is 0 Å². The normalized spacial score (nSPS) is 12.0. The van der Waals surface area contributed by atoms with Crippen LogP contribution in [0, 0.1) is 0 Å². The van der Waals surface area contributed by atoms with Crippen LogP contribution in [0.15, 0.2) is 46.7 Å². The molecule has 4 nitrogen and oxygen atoms in total. The molecule has 0 saturated heterocycles. The van der Waals surface area contributed by atoms with E-state index in [0.717, 1.165) is 12.0 Å². The summed E-state index contributed by atoms with van der Waals surface area (Å²) in [5.74, 6) is 0. The van der Waals surface area contributed by atoms with Crippen LogP contribution in [-0.2, 0) is 23.0 Å². The zero-order valence-electron chi connectivity index (χ0n) is 12.2. The second-order valence-electron chi connectivity index (χ2n) is 4.83. The Morgan fingerprint density at radius 1 is 1.24 bits per heavy atom. The van der Waals surface area contributed by atoms with Gasteiger partial charge in [0.25, 0.3) is 0 Å². The lowest BCUT2D eigenvalue weighted by Crippen LogP contribution is -2.29. The molecular weight excluding hydrogens is 304 g/mol. The van der Waals surface area contributed by atoms with Crippen LogP contribution in [-0.4, -0.2) is 33.4 Å². The summed E-state index contributed by atoms with van der Waals surface area (Å²) in [7, 11) is 0.0514. The molecule has 0 spiro atoms. The van der Waals surface area contributed by atoms with Crippen molar-refractivity contribution < 1.29 is 8.42 Å². The van der Waals surface area contributed by atoms with Gasteiger partial charge in [-0.3, -0.25) is 0 Å². The number of thiophene rings is 1. The van der Waals surface area contributed by atoms with Gasteiger partial charge in [0.05, 0.1) is 4.90 Å². The summed E-state index contributed by atoms with van der Waals surface area (Å²) < 4.78 is 26.5. The minimum atomic E-state index is -3.42. The van der Waals surface area contributed by atoms with Crippen molar-refractivity contribution in [3.63, 3.8) is 0 Å². The minimum Gasteiger partial charge on any atom is -0.316 e. The lowest BCUT2D eigenvalue weighted by atomic mass is 10.2. The summed E-state index contributed by atoms with van der Waals surface area (Å²) in [5.41, 5.74) is 0.963. The van der Waals surface area contributed by atoms with Crippen molar-refractivity contribution in [3.8, 4) is 0 Å². The molecular formula is C15H20N2O2S2. The van der Waals surface area contributed by atoms with E-state index in [1.54, 1.807) is 36.6 Å². The molecule has 21 heavy (non-hydrogen) atoms. The predicted octanol–water partition coefficient (Wildman–Crippen LogP) is 2.33. The molecule has 1 N–H and O–H groups in total. The van der Waals surface area contributed by atoms with Crippen molar-refractivity contribution in [3.05, 3.63) is 52.2 Å². The first-order valence-corrected chi connectivity index (χ1v) is 9.08. The van der Waals surface area contributed by atoms with E-state index in [2.05, 4.69) is 5.32 Å². The smallest absolute Gasteiger partial charge is 0.242 e. The Hall–Kier alpha value is -1.21. The fourth-order valence-corrected chi connectivity index (χ4v) is 3.98. The quantitative estimate of drug-likeness (QED) is 0.850. The van der Waals surface area contributed by atoms with Gasteiger partial charge in [-0.2, -0.15) is 0 Å². The molecule has 0 atom stereocenters. The zero-order chi connectivity index (χ0) is 15.3. The molecule has 1 aromatic heterocycles. The molecule has 114 valence electrons. The molecule has 0 aliphatic carbocycles. The second kappa shape index (κ2) is 7.17. The standard InChI is InChI=1S/C15H20N2O2S2/c1-16-12-13-5-3-7-15(11-13)21(18,19)17(2)9-8-14-6-4-10-20-14/h3-7,10-11,16H,8-9,12H2,1-2H3. The Kier molecular flexibility index (Phi) is 5.52. The Morgan fingerprint density at radius 3 is 2.71 bits per heavy atom. The van der Waals surface area contributed by atoms with Crippen LogP contribution in [0.2, 0.25) is 0 Å². The number of benzene rings is 1. The summed E-state index contributed by atoms with van der Waals surface area (Å²) in [6, 6.07) is 11.1. The van der Waals surface area contributed by atoms with Gasteiger partial charge in [0.2, 0.25) is 10.0 Å². The molecule has 0 saturated carbocycles. The average Bonchev–Trinajstić information content (AvgIpc) is 2.98. The molecule has 0 aliphatic heterocycles. The third kappa shape index (κ3) is 4.14. The molecule has 1 aromatic carbocycles. The van der Waals surface area contributed by atoms with E-state index < -0.39 is 10.0 Å². The largest absolute Gasteiger partial charge is 0.316 e. The van der Waals surface area contributed by atoms with Gasteiger partial charge in [0.1, 0.15) is 0 Å². The van der Waals surface area contributed by atoms with Crippen LogP contribution in [0.25, 0.3) is 0 Å². The van der Waals surface area contributed by atoms with Crippen LogP contribution in [0.3, 0.4) is 0 Å². The Bertz CT molecular complexity index is 667. The van der Waals surface area contributed by atoms with Gasteiger partial charge >= 0.3 is 0 Å². The maximum absolute atomic E-state index is 12.6. The third-order valence-corrected chi connectivity index (χ3v) is 6.03. The van der Waals surface area contributed by atoms with Gasteiger partial charge in [-0.05, 0) is 42.6 Å². The van der Waals surface area contributed by atoms with Crippen molar-refractivity contribution in [2.45, 2.75) is 17.9 Å². The maximum atomic E-state index is 12.6. The van der Waals surface area contributed by atoms with Crippen LogP contribution in [0.4, 0.5) is 0 Å². The number of hydrogen-bond donors (Lipinski definition) is 1. The van der Waals surface area contributed by atoms with Gasteiger partial charge in [0.15, 0.2) is 0 Å². The summed E-state index contributed by atoms with van der Waals surface area (Å²) in [5, 5.41) is 5.03. The van der Waals surface area contributed by atoms with E-state index in [1.807, 2.05) is 30.6 Å². The number of nitrogens with one attached hydrogen (secondary N) is 1. The molecule has 0 aliphatic rings. The highest BCUT2D eigenvalue weighted by molar-refractivity contribution is 7.89. The Morgan fingerprint density at radius 2 is 2.05 bits per heavy atom. The van der Waals surface area contributed by atoms with Crippen LogP contribution in [0.1, 0.15) is 10.4 Å². The van der Waals surface area contributed by atoms with Crippen molar-refractivity contribution >= 4 is 21.4 Å². The monoisotopic (exact) mass is 324 g/mol. The molecule has 6 heteroatoms. The average molecular weight is 324 g/mol. The van der Waals surface area contributed by atoms with E-state index in [1.165, 1.54) is 9.18 Å². The third-order valence-electron chi connectivity index (χ3n) is 3.24. The van der Waals surface area contributed by atoms with E-state index in [0.29, 0.717) is 18.0 Å². The number of hydrogen-bond acceptors (Lipinski definition) is 4. The van der Waals surface area contributed by atoms with Crippen molar-refractivity contribution in [2.24, 2.45) is 0 Å². The lowest BCUT2D eigenvalue weighted by molar-refractivity contribution is 0.473. The molecule has 0 amide bonds. The van der Waals surface area contributed by atoms with Crippen molar-refractivity contribution in [1.29, 1.82) is 0 Å². The first-order chi connectivity index (χ1) is 10.0. The highest BCUT2D eigenvalue weighted by atomic mass is 32.2. The van der Waals surface area contributed by atoms with Gasteiger partial charge in [-0.25, -0.2) is 12.7 Å². The molecule has 0 bridgehead atoms. The summed E-state index contributed by atoms with van der Waals surface area (Å²) in [6.07, 6.45) is 0.740. The molecule has 0 fully saturated rings. The Balaban J connectivity index is 2.10. The zero-order valence-corrected chi connectivity index (χ0v) is 13.9. The van der Waals surface area contributed by atoms with Gasteiger partial charge in [0, 0.05) is 25.0 Å². The van der Waals surface area contributed by atoms with E-state index in [4.69, 9.17) is 0 Å². The predicted molar refractivity (Wildman–Crippen MR) is 87.0 cm³/mol. The van der Waals surface area contributed by atoms with Gasteiger partial charge in [-0.1, -0.05) is 18.2 Å². The summed E-state index contributed by atoms with van der Waals surface area (Å²) in [4.78, 5) is 1.55. The fraction of sp³-hybridized carbons (Fsp3) is 0.333. The molecule has 2 aromatic rings. The number of likely N-dealkylation sites (N-methyl/N-ethyl adjacent to an activating group) is 1. The molecule has 2 rings (SSSR count). The van der Waals surface area contributed by atoms with Crippen LogP contribution < -0.4 is 5.32 Å². The number of nitrogens with zero attached hydrogens (tertiary/aromatic N) is 1.